The maximum atomic E-state index is 4.79. The number of fused-ring (bicyclic) bond motifs is 10. The van der Waals surface area contributed by atoms with Crippen molar-refractivity contribution in [3.8, 4) is 22.3 Å². The van der Waals surface area contributed by atoms with Gasteiger partial charge in [-0.2, -0.15) is 0 Å². The molecule has 3 heteroatoms. The van der Waals surface area contributed by atoms with Crippen molar-refractivity contribution in [3.63, 3.8) is 0 Å². The zero-order valence-electron chi connectivity index (χ0n) is 28.8. The lowest BCUT2D eigenvalue weighted by Crippen LogP contribution is -2.01. The maximum absolute atomic E-state index is 4.79. The molecular formula is C50H32N2S. The van der Waals surface area contributed by atoms with E-state index in [4.69, 9.17) is 9.97 Å². The Morgan fingerprint density at radius 3 is 2.04 bits per heavy atom. The fraction of sp³-hybridized carbons (Fsp3) is 0.0400. The van der Waals surface area contributed by atoms with E-state index < -0.39 is 0 Å². The molecule has 1 aliphatic carbocycles. The summed E-state index contributed by atoms with van der Waals surface area (Å²) in [5, 5.41) is 9.91. The predicted octanol–water partition coefficient (Wildman–Crippen LogP) is 13.9. The van der Waals surface area contributed by atoms with E-state index in [1.54, 1.807) is 12.4 Å². The quantitative estimate of drug-likeness (QED) is 0.172. The van der Waals surface area contributed by atoms with Crippen LogP contribution >= 0.6 is 11.3 Å². The Hall–Kier alpha value is -6.42. The molecule has 0 radical (unpaired) electrons. The van der Waals surface area contributed by atoms with Gasteiger partial charge < -0.3 is 0 Å². The van der Waals surface area contributed by atoms with E-state index in [1.807, 2.05) is 11.3 Å². The third-order valence-electron chi connectivity index (χ3n) is 11.1. The van der Waals surface area contributed by atoms with Gasteiger partial charge in [-0.25, -0.2) is 0 Å². The Labute approximate surface area is 311 Å². The minimum absolute atomic E-state index is 0.337. The highest BCUT2D eigenvalue weighted by molar-refractivity contribution is 7.26. The highest BCUT2D eigenvalue weighted by atomic mass is 32.1. The average Bonchev–Trinajstić information content (AvgIpc) is 3.62. The van der Waals surface area contributed by atoms with Gasteiger partial charge in [0.25, 0.3) is 0 Å². The number of hydrogen-bond acceptors (Lipinski definition) is 3. The van der Waals surface area contributed by atoms with E-state index >= 15 is 0 Å². The summed E-state index contributed by atoms with van der Waals surface area (Å²) < 4.78 is 2.74. The molecule has 0 saturated heterocycles. The lowest BCUT2D eigenvalue weighted by molar-refractivity contribution is 0.870. The van der Waals surface area contributed by atoms with E-state index in [0.29, 0.717) is 5.92 Å². The summed E-state index contributed by atoms with van der Waals surface area (Å²) in [5.74, 6) is 0.337. The number of rotatable bonds is 4. The van der Waals surface area contributed by atoms with Crippen molar-refractivity contribution in [2.75, 3.05) is 0 Å². The van der Waals surface area contributed by atoms with E-state index in [1.165, 1.54) is 80.7 Å². The molecule has 248 valence electrons. The molecular weight excluding hydrogens is 661 g/mol. The van der Waals surface area contributed by atoms with Gasteiger partial charge >= 0.3 is 0 Å². The van der Waals surface area contributed by atoms with Gasteiger partial charge in [0.05, 0.1) is 11.0 Å². The van der Waals surface area contributed by atoms with Crippen molar-refractivity contribution in [1.29, 1.82) is 0 Å². The van der Waals surface area contributed by atoms with Crippen LogP contribution in [0.15, 0.2) is 176 Å². The molecule has 1 aliphatic rings. The lowest BCUT2D eigenvalue weighted by atomic mass is 9.84. The molecule has 0 fully saturated rings. The van der Waals surface area contributed by atoms with Crippen LogP contribution in [0.4, 0.5) is 0 Å². The fourth-order valence-electron chi connectivity index (χ4n) is 8.47. The third kappa shape index (κ3) is 5.00. The Morgan fingerprint density at radius 1 is 0.491 bits per heavy atom. The van der Waals surface area contributed by atoms with Gasteiger partial charge in [0.15, 0.2) is 0 Å². The summed E-state index contributed by atoms with van der Waals surface area (Å²) in [6.45, 7) is 0. The molecule has 0 saturated carbocycles. The molecule has 2 aromatic heterocycles. The van der Waals surface area contributed by atoms with Gasteiger partial charge in [-0.15, -0.1) is 11.3 Å². The molecule has 2 nitrogen and oxygen atoms in total. The predicted molar refractivity (Wildman–Crippen MR) is 227 cm³/mol. The summed E-state index contributed by atoms with van der Waals surface area (Å²) in [7, 11) is 0. The van der Waals surface area contributed by atoms with Crippen molar-refractivity contribution >= 4 is 80.4 Å². The van der Waals surface area contributed by atoms with Gasteiger partial charge in [-0.1, -0.05) is 140 Å². The summed E-state index contributed by atoms with van der Waals surface area (Å²) in [6.07, 6.45) is 11.5. The molecule has 0 bridgehead atoms. The van der Waals surface area contributed by atoms with Gasteiger partial charge in [-0.3, -0.25) is 9.97 Å². The first-order chi connectivity index (χ1) is 26.2. The van der Waals surface area contributed by atoms with Gasteiger partial charge in [0, 0.05) is 49.3 Å². The van der Waals surface area contributed by atoms with Gasteiger partial charge in [0.1, 0.15) is 0 Å². The fourth-order valence-corrected chi connectivity index (χ4v) is 9.72. The summed E-state index contributed by atoms with van der Waals surface area (Å²) in [6, 6.07) is 53.6. The number of aromatic nitrogens is 2. The van der Waals surface area contributed by atoms with Crippen LogP contribution in [0.25, 0.3) is 91.3 Å². The summed E-state index contributed by atoms with van der Waals surface area (Å²) in [5.41, 5.74) is 10.8. The van der Waals surface area contributed by atoms with Crippen LogP contribution in [0.2, 0.25) is 0 Å². The van der Waals surface area contributed by atoms with Crippen LogP contribution in [0.1, 0.15) is 23.5 Å². The molecule has 2 heterocycles. The molecule has 11 rings (SSSR count). The van der Waals surface area contributed by atoms with Crippen LogP contribution in [0.3, 0.4) is 0 Å². The number of nitrogens with zero attached hydrogens (tertiary/aromatic N) is 2. The molecule has 0 N–H and O–H groups in total. The number of allylic oxidation sites excluding steroid dienone is 4. The van der Waals surface area contributed by atoms with E-state index in [0.717, 1.165) is 28.2 Å². The monoisotopic (exact) mass is 692 g/mol. The second kappa shape index (κ2) is 12.1. The van der Waals surface area contributed by atoms with Crippen molar-refractivity contribution < 1.29 is 0 Å². The zero-order chi connectivity index (χ0) is 34.9. The van der Waals surface area contributed by atoms with Crippen LogP contribution in [-0.2, 0) is 0 Å². The number of hydrogen-bond donors (Lipinski definition) is 0. The molecule has 8 aromatic carbocycles. The van der Waals surface area contributed by atoms with E-state index in [-0.39, 0.29) is 0 Å². The molecule has 1 unspecified atom stereocenters. The van der Waals surface area contributed by atoms with E-state index in [9.17, 15) is 0 Å². The molecule has 0 spiro atoms. The average molecular weight is 693 g/mol. The minimum atomic E-state index is 0.337. The molecule has 0 amide bonds. The van der Waals surface area contributed by atoms with Crippen molar-refractivity contribution in [2.45, 2.75) is 12.3 Å². The van der Waals surface area contributed by atoms with Gasteiger partial charge in [0.2, 0.25) is 0 Å². The first-order valence-corrected chi connectivity index (χ1v) is 19.0. The van der Waals surface area contributed by atoms with Crippen LogP contribution in [-0.4, -0.2) is 9.97 Å². The van der Waals surface area contributed by atoms with Crippen molar-refractivity contribution in [1.82, 2.24) is 9.97 Å². The normalized spacial score (nSPS) is 14.6. The molecule has 53 heavy (non-hydrogen) atoms. The van der Waals surface area contributed by atoms with Crippen molar-refractivity contribution in [2.24, 2.45) is 0 Å². The second-order valence-corrected chi connectivity index (χ2v) is 15.2. The van der Waals surface area contributed by atoms with Crippen LogP contribution in [0.5, 0.6) is 0 Å². The second-order valence-electron chi connectivity index (χ2n) is 14.1. The first-order valence-electron chi connectivity index (χ1n) is 18.2. The molecule has 0 aliphatic heterocycles. The van der Waals surface area contributed by atoms with Gasteiger partial charge in [-0.05, 0) is 91.2 Å². The number of thiophene rings is 1. The topological polar surface area (TPSA) is 25.8 Å². The highest BCUT2D eigenvalue weighted by Gasteiger charge is 2.19. The highest BCUT2D eigenvalue weighted by Crippen LogP contribution is 2.43. The summed E-state index contributed by atoms with van der Waals surface area (Å²) in [4.78, 5) is 9.53. The third-order valence-corrected chi connectivity index (χ3v) is 12.3. The van der Waals surface area contributed by atoms with Crippen molar-refractivity contribution in [3.05, 3.63) is 187 Å². The summed E-state index contributed by atoms with van der Waals surface area (Å²) >= 11 is 1.91. The Morgan fingerprint density at radius 2 is 1.15 bits per heavy atom. The number of benzene rings is 8. The first kappa shape index (κ1) is 30.2. The smallest absolute Gasteiger partial charge is 0.0971 e. The van der Waals surface area contributed by atoms with Crippen LogP contribution < -0.4 is 0 Å². The Bertz CT molecular complexity index is 3130. The maximum Gasteiger partial charge on any atom is 0.0971 e. The lowest BCUT2D eigenvalue weighted by Gasteiger charge is -2.20. The zero-order valence-corrected chi connectivity index (χ0v) is 29.6. The largest absolute Gasteiger partial charge is 0.252 e. The SMILES string of the molecule is C1=CC(c2ccc3cc(-c4cccc(-c5ccc6c7ccccc7c7nccnc7c6c5)c4)ccc3c2)CC(c2cccc3c2sc2ccccc23)=C1. The Balaban J connectivity index is 0.903. The van der Waals surface area contributed by atoms with E-state index in [2.05, 4.69) is 164 Å². The Kier molecular flexibility index (Phi) is 6.89. The minimum Gasteiger partial charge on any atom is -0.252 e. The molecule has 1 atom stereocenters. The van der Waals surface area contributed by atoms with Crippen LogP contribution in [0, 0.1) is 0 Å². The molecule has 10 aromatic rings. The standard InChI is InChI=1S/C50H32N2S/c1-2-14-44-41(12-1)42-23-22-38(30-46(42)49-48(44)51-24-25-52-49)32-9-5-8-31(26-32)34-18-20-37-28-35(19-21-36(37)27-34)33-10-6-11-39(29-33)40-15-7-16-45-43-13-3-4-17-47(43)53-50(40)45/h1-28,30,33H,29H2.